The molecule has 1 aromatic heterocycles. The van der Waals surface area contributed by atoms with Crippen LogP contribution in [0.5, 0.6) is 0 Å². The minimum atomic E-state index is -0.460. The van der Waals surface area contributed by atoms with E-state index in [4.69, 9.17) is 0 Å². The molecule has 0 fully saturated rings. The van der Waals surface area contributed by atoms with E-state index in [-0.39, 0.29) is 12.5 Å². The molecule has 2 aliphatic rings. The van der Waals surface area contributed by atoms with Crippen LogP contribution in [0.2, 0.25) is 0 Å². The van der Waals surface area contributed by atoms with Gasteiger partial charge in [0.05, 0.1) is 23.9 Å². The second kappa shape index (κ2) is 9.84. The van der Waals surface area contributed by atoms with Gasteiger partial charge in [-0.3, -0.25) is 9.89 Å². The van der Waals surface area contributed by atoms with Crippen LogP contribution in [-0.2, 0) is 16.6 Å². The third kappa shape index (κ3) is 3.95. The first kappa shape index (κ1) is 23.7. The van der Waals surface area contributed by atoms with Gasteiger partial charge in [-0.25, -0.2) is 0 Å². The van der Waals surface area contributed by atoms with Gasteiger partial charge in [-0.05, 0) is 84.9 Å². The first-order valence-corrected chi connectivity index (χ1v) is 12.8. The Hall–Kier alpha value is -2.40. The molecule has 2 heterocycles. The highest BCUT2D eigenvalue weighted by molar-refractivity contribution is 6.09. The lowest BCUT2D eigenvalue weighted by Gasteiger charge is -2.28. The summed E-state index contributed by atoms with van der Waals surface area (Å²) in [4.78, 5) is 15.7. The average molecular weight is 450 g/mol. The Morgan fingerprint density at radius 3 is 2.55 bits per heavy atom. The zero-order chi connectivity index (χ0) is 23.6. The van der Waals surface area contributed by atoms with E-state index >= 15 is 0 Å². The number of amides is 1. The van der Waals surface area contributed by atoms with Gasteiger partial charge in [-0.15, -0.1) is 0 Å². The van der Waals surface area contributed by atoms with Gasteiger partial charge >= 0.3 is 0 Å². The summed E-state index contributed by atoms with van der Waals surface area (Å²) in [5.41, 5.74) is 9.48. The van der Waals surface area contributed by atoms with E-state index in [9.17, 15) is 9.90 Å². The second-order valence-corrected chi connectivity index (χ2v) is 9.78. The highest BCUT2D eigenvalue weighted by atomic mass is 16.3. The van der Waals surface area contributed by atoms with Gasteiger partial charge in [0, 0.05) is 12.2 Å². The Labute approximate surface area is 198 Å². The number of carbonyl (C=O) groups is 1. The normalized spacial score (nSPS) is 17.4. The fourth-order valence-electron chi connectivity index (χ4n) is 6.24. The molecule has 2 N–H and O–H groups in total. The van der Waals surface area contributed by atoms with Crippen molar-refractivity contribution in [2.24, 2.45) is 0 Å². The fourth-order valence-corrected chi connectivity index (χ4v) is 6.24. The van der Waals surface area contributed by atoms with Crippen LogP contribution in [0.25, 0.3) is 11.1 Å². The Morgan fingerprint density at radius 2 is 1.88 bits per heavy atom. The van der Waals surface area contributed by atoms with Gasteiger partial charge in [0.15, 0.2) is 0 Å². The van der Waals surface area contributed by atoms with Crippen molar-refractivity contribution in [3.05, 3.63) is 46.3 Å². The number of rotatable bonds is 9. The summed E-state index contributed by atoms with van der Waals surface area (Å²) >= 11 is 0. The molecule has 5 heteroatoms. The number of benzene rings is 1. The summed E-state index contributed by atoms with van der Waals surface area (Å²) in [6.45, 7) is 9.09. The smallest absolute Gasteiger partial charge is 0.237 e. The summed E-state index contributed by atoms with van der Waals surface area (Å²) < 4.78 is 0. The van der Waals surface area contributed by atoms with Crippen LogP contribution in [0.15, 0.2) is 18.3 Å². The molecule has 1 aromatic carbocycles. The average Bonchev–Trinajstić information content (AvgIpc) is 3.28. The standard InChI is InChI=1S/C28H39N3O2/c1-5-9-22-21(11-8-10-20-18-29-30-26(20)22)23-17-25-24(16-19(23)4)28(12-6-2,13-7-3)27(33)31(25)14-15-32/h16-18,32H,5-15H2,1-4H3,(H,29,30). The van der Waals surface area contributed by atoms with Gasteiger partial charge in [-0.1, -0.05) is 46.1 Å². The van der Waals surface area contributed by atoms with Crippen molar-refractivity contribution in [2.75, 3.05) is 18.1 Å². The second-order valence-electron chi connectivity index (χ2n) is 9.78. The van der Waals surface area contributed by atoms with Crippen LogP contribution in [0.4, 0.5) is 5.69 Å². The minimum Gasteiger partial charge on any atom is -0.395 e. The van der Waals surface area contributed by atoms with Crippen LogP contribution >= 0.6 is 0 Å². The number of aromatic nitrogens is 2. The van der Waals surface area contributed by atoms with Crippen molar-refractivity contribution in [1.29, 1.82) is 0 Å². The van der Waals surface area contributed by atoms with E-state index in [1.54, 1.807) is 0 Å². The predicted molar refractivity (Wildman–Crippen MR) is 135 cm³/mol. The number of aliphatic hydroxyl groups is 1. The van der Waals surface area contributed by atoms with Crippen molar-refractivity contribution in [3.63, 3.8) is 0 Å². The van der Waals surface area contributed by atoms with Gasteiger partial charge in [0.1, 0.15) is 0 Å². The number of anilines is 1. The maximum Gasteiger partial charge on any atom is 0.237 e. The van der Waals surface area contributed by atoms with E-state index in [2.05, 4.69) is 50.0 Å². The number of nitrogens with one attached hydrogen (secondary N) is 1. The molecule has 0 atom stereocenters. The van der Waals surface area contributed by atoms with Crippen molar-refractivity contribution < 1.29 is 9.90 Å². The van der Waals surface area contributed by atoms with E-state index in [1.807, 2.05) is 11.1 Å². The topological polar surface area (TPSA) is 69.2 Å². The van der Waals surface area contributed by atoms with Gasteiger partial charge < -0.3 is 10.0 Å². The van der Waals surface area contributed by atoms with Crippen LogP contribution < -0.4 is 4.90 Å². The zero-order valence-corrected chi connectivity index (χ0v) is 20.8. The maximum absolute atomic E-state index is 13.8. The molecule has 4 rings (SSSR count). The largest absolute Gasteiger partial charge is 0.395 e. The Balaban J connectivity index is 1.93. The Kier molecular flexibility index (Phi) is 7.08. The summed E-state index contributed by atoms with van der Waals surface area (Å²) in [7, 11) is 0. The Bertz CT molecular complexity index is 1040. The molecule has 1 aliphatic heterocycles. The number of H-pyrrole nitrogens is 1. The van der Waals surface area contributed by atoms with E-state index < -0.39 is 5.41 Å². The zero-order valence-electron chi connectivity index (χ0n) is 20.8. The maximum atomic E-state index is 13.8. The van der Waals surface area contributed by atoms with Crippen molar-refractivity contribution in [1.82, 2.24) is 10.2 Å². The summed E-state index contributed by atoms with van der Waals surface area (Å²) in [5, 5.41) is 17.4. The lowest BCUT2D eigenvalue weighted by Crippen LogP contribution is -2.41. The number of hydrogen-bond acceptors (Lipinski definition) is 3. The lowest BCUT2D eigenvalue weighted by atomic mass is 9.73. The number of allylic oxidation sites excluding steroid dienone is 2. The molecule has 1 aliphatic carbocycles. The monoisotopic (exact) mass is 449 g/mol. The molecule has 0 saturated carbocycles. The van der Waals surface area contributed by atoms with Gasteiger partial charge in [-0.2, -0.15) is 5.10 Å². The molecule has 2 aromatic rings. The molecule has 178 valence electrons. The number of hydrogen-bond donors (Lipinski definition) is 2. The lowest BCUT2D eigenvalue weighted by molar-refractivity contribution is -0.123. The van der Waals surface area contributed by atoms with E-state index in [1.165, 1.54) is 39.1 Å². The summed E-state index contributed by atoms with van der Waals surface area (Å²) in [6.07, 6.45) is 10.9. The van der Waals surface area contributed by atoms with Gasteiger partial charge in [0.2, 0.25) is 5.91 Å². The van der Waals surface area contributed by atoms with Crippen LogP contribution in [-0.4, -0.2) is 34.4 Å². The molecular weight excluding hydrogens is 410 g/mol. The predicted octanol–water partition coefficient (Wildman–Crippen LogP) is 5.94. The van der Waals surface area contributed by atoms with Crippen molar-refractivity contribution in [3.8, 4) is 0 Å². The fraction of sp³-hybridized carbons (Fsp3) is 0.571. The molecule has 0 bridgehead atoms. The number of aryl methyl sites for hydroxylation is 2. The minimum absolute atomic E-state index is 0.0238. The SMILES string of the molecule is CCCC1=C(c2cc3c(cc2C)C(CCC)(CCC)C(=O)N3CCO)CCCc2cn[nH]c21. The quantitative estimate of drug-likeness (QED) is 0.497. The highest BCUT2D eigenvalue weighted by Gasteiger charge is 2.49. The third-order valence-electron chi connectivity index (χ3n) is 7.56. The van der Waals surface area contributed by atoms with Crippen LogP contribution in [0, 0.1) is 6.92 Å². The number of aliphatic hydroxyl groups excluding tert-OH is 1. The molecule has 0 spiro atoms. The Morgan fingerprint density at radius 1 is 1.12 bits per heavy atom. The van der Waals surface area contributed by atoms with E-state index in [0.717, 1.165) is 63.5 Å². The summed E-state index contributed by atoms with van der Waals surface area (Å²) in [5.74, 6) is 0.172. The number of nitrogens with zero attached hydrogens (tertiary/aromatic N) is 2. The first-order chi connectivity index (χ1) is 16.0. The molecule has 33 heavy (non-hydrogen) atoms. The molecule has 0 unspecified atom stereocenters. The molecule has 5 nitrogen and oxygen atoms in total. The number of β-amino-alcohol motifs (C(OH)–C–C–N with tert-alkyl or cyclic N) is 1. The highest BCUT2D eigenvalue weighted by Crippen LogP contribution is 2.50. The first-order valence-electron chi connectivity index (χ1n) is 12.8. The summed E-state index contributed by atoms with van der Waals surface area (Å²) in [6, 6.07) is 4.55. The number of aromatic amines is 1. The van der Waals surface area contributed by atoms with Crippen molar-refractivity contribution in [2.45, 2.75) is 90.9 Å². The molecular formula is C28H39N3O2. The third-order valence-corrected chi connectivity index (χ3v) is 7.56. The van der Waals surface area contributed by atoms with Crippen LogP contribution in [0.3, 0.4) is 0 Å². The molecule has 1 amide bonds. The molecule has 0 saturated heterocycles. The molecule has 0 radical (unpaired) electrons. The van der Waals surface area contributed by atoms with Crippen molar-refractivity contribution >= 4 is 22.7 Å². The number of carbonyl (C=O) groups excluding carboxylic acids is 1. The van der Waals surface area contributed by atoms with Crippen LogP contribution in [0.1, 0.15) is 100 Å². The van der Waals surface area contributed by atoms with Gasteiger partial charge in [0.25, 0.3) is 0 Å². The van der Waals surface area contributed by atoms with E-state index in [0.29, 0.717) is 6.54 Å². The number of fused-ring (bicyclic) bond motifs is 2.